The number of alkyl halides is 1. The minimum absolute atomic E-state index is 0.143. The molecule has 0 fully saturated rings. The van der Waals surface area contributed by atoms with Crippen LogP contribution in [0, 0.1) is 0 Å². The first-order valence-electron chi connectivity index (χ1n) is 4.24. The van der Waals surface area contributed by atoms with Crippen molar-refractivity contribution in [3.05, 3.63) is 30.3 Å². The van der Waals surface area contributed by atoms with E-state index >= 15 is 0 Å². The van der Waals surface area contributed by atoms with Gasteiger partial charge in [0.15, 0.2) is 0 Å². The van der Waals surface area contributed by atoms with Gasteiger partial charge in [-0.2, -0.15) is 0 Å². The van der Waals surface area contributed by atoms with E-state index in [9.17, 15) is 4.79 Å². The predicted molar refractivity (Wildman–Crippen MR) is 55.0 cm³/mol. The van der Waals surface area contributed by atoms with Crippen molar-refractivity contribution >= 4 is 23.2 Å². The maximum absolute atomic E-state index is 11.3. The minimum atomic E-state index is -0.444. The lowest BCUT2D eigenvalue weighted by atomic mass is 10.3. The molecule has 1 atom stereocenters. The molecule has 0 spiro atoms. The quantitative estimate of drug-likeness (QED) is 0.742. The van der Waals surface area contributed by atoms with Gasteiger partial charge in [0, 0.05) is 5.69 Å². The Kier molecular flexibility index (Phi) is 3.77. The van der Waals surface area contributed by atoms with Gasteiger partial charge < -0.3 is 5.32 Å². The molecule has 0 aliphatic carbocycles. The first-order valence-corrected chi connectivity index (χ1v) is 4.67. The summed E-state index contributed by atoms with van der Waals surface area (Å²) in [6.07, 6.45) is 0.639. The van der Waals surface area contributed by atoms with E-state index in [0.717, 1.165) is 5.69 Å². The lowest BCUT2D eigenvalue weighted by Gasteiger charge is -2.07. The molecule has 1 aromatic carbocycles. The molecule has 1 amide bonds. The van der Waals surface area contributed by atoms with Gasteiger partial charge in [0.2, 0.25) is 5.91 Å². The average Bonchev–Trinajstić information content (AvgIpc) is 2.18. The smallest absolute Gasteiger partial charge is 0.242 e. The fourth-order valence-corrected chi connectivity index (χ4v) is 0.982. The first-order chi connectivity index (χ1) is 6.24. The number of hydrogen-bond donors (Lipinski definition) is 1. The van der Waals surface area contributed by atoms with E-state index < -0.39 is 5.38 Å². The molecular formula is C10H12ClNO. The highest BCUT2D eigenvalue weighted by atomic mass is 35.5. The van der Waals surface area contributed by atoms with Gasteiger partial charge in [-0.15, -0.1) is 11.6 Å². The van der Waals surface area contributed by atoms with Gasteiger partial charge in [-0.1, -0.05) is 25.1 Å². The molecule has 2 nitrogen and oxygen atoms in total. The Morgan fingerprint density at radius 2 is 2.08 bits per heavy atom. The van der Waals surface area contributed by atoms with Crippen molar-refractivity contribution in [2.45, 2.75) is 18.7 Å². The molecule has 1 aromatic rings. The van der Waals surface area contributed by atoms with E-state index in [1.165, 1.54) is 0 Å². The molecule has 0 aliphatic heterocycles. The Bertz CT molecular complexity index is 274. The van der Waals surface area contributed by atoms with Crippen LogP contribution in [0.5, 0.6) is 0 Å². The van der Waals surface area contributed by atoms with Gasteiger partial charge in [-0.3, -0.25) is 4.79 Å². The number of benzene rings is 1. The Morgan fingerprint density at radius 3 is 2.62 bits per heavy atom. The summed E-state index contributed by atoms with van der Waals surface area (Å²) in [6.45, 7) is 1.88. The summed E-state index contributed by atoms with van der Waals surface area (Å²) >= 11 is 5.75. The van der Waals surface area contributed by atoms with Crippen molar-refractivity contribution in [3.63, 3.8) is 0 Å². The molecule has 0 aromatic heterocycles. The first kappa shape index (κ1) is 10.1. The fourth-order valence-electron chi connectivity index (χ4n) is 0.927. The number of carbonyl (C=O) groups excluding carboxylic acids is 1. The van der Waals surface area contributed by atoms with Gasteiger partial charge in [-0.05, 0) is 18.6 Å². The molecule has 3 heteroatoms. The third-order valence-electron chi connectivity index (χ3n) is 1.68. The van der Waals surface area contributed by atoms with E-state index in [0.29, 0.717) is 6.42 Å². The van der Waals surface area contributed by atoms with Gasteiger partial charge in [-0.25, -0.2) is 0 Å². The topological polar surface area (TPSA) is 29.1 Å². The number of carbonyl (C=O) groups is 1. The number of rotatable bonds is 3. The lowest BCUT2D eigenvalue weighted by molar-refractivity contribution is -0.115. The van der Waals surface area contributed by atoms with Crippen LogP contribution in [0.3, 0.4) is 0 Å². The summed E-state index contributed by atoms with van der Waals surface area (Å²) in [7, 11) is 0. The average molecular weight is 198 g/mol. The molecule has 13 heavy (non-hydrogen) atoms. The molecule has 0 unspecified atom stereocenters. The van der Waals surface area contributed by atoms with E-state index in [1.54, 1.807) is 0 Å². The highest BCUT2D eigenvalue weighted by molar-refractivity contribution is 6.32. The third kappa shape index (κ3) is 3.07. The maximum Gasteiger partial charge on any atom is 0.242 e. The monoisotopic (exact) mass is 197 g/mol. The van der Waals surface area contributed by atoms with Crippen molar-refractivity contribution in [1.82, 2.24) is 0 Å². The highest BCUT2D eigenvalue weighted by Gasteiger charge is 2.11. The van der Waals surface area contributed by atoms with E-state index in [2.05, 4.69) is 5.32 Å². The van der Waals surface area contributed by atoms with Crippen LogP contribution < -0.4 is 5.32 Å². The fraction of sp³-hybridized carbons (Fsp3) is 0.300. The summed E-state index contributed by atoms with van der Waals surface area (Å²) < 4.78 is 0. The van der Waals surface area contributed by atoms with E-state index in [-0.39, 0.29) is 5.91 Å². The molecule has 0 saturated heterocycles. The molecule has 0 heterocycles. The molecule has 0 radical (unpaired) electrons. The molecule has 0 bridgehead atoms. The Labute approximate surface area is 82.9 Å². The Balaban J connectivity index is 2.55. The largest absolute Gasteiger partial charge is 0.325 e. The number of para-hydroxylation sites is 1. The third-order valence-corrected chi connectivity index (χ3v) is 2.19. The molecular weight excluding hydrogens is 186 g/mol. The van der Waals surface area contributed by atoms with Gasteiger partial charge in [0.25, 0.3) is 0 Å². The highest BCUT2D eigenvalue weighted by Crippen LogP contribution is 2.08. The van der Waals surface area contributed by atoms with Crippen LogP contribution in [0.2, 0.25) is 0 Å². The number of amides is 1. The number of hydrogen-bond acceptors (Lipinski definition) is 1. The lowest BCUT2D eigenvalue weighted by Crippen LogP contribution is -2.22. The molecule has 1 rings (SSSR count). The van der Waals surface area contributed by atoms with Crippen LogP contribution >= 0.6 is 11.6 Å². The Morgan fingerprint density at radius 1 is 1.46 bits per heavy atom. The zero-order valence-corrected chi connectivity index (χ0v) is 8.21. The maximum atomic E-state index is 11.3. The zero-order chi connectivity index (χ0) is 9.68. The van der Waals surface area contributed by atoms with Crippen LogP contribution in [-0.4, -0.2) is 11.3 Å². The van der Waals surface area contributed by atoms with Crippen LogP contribution in [0.15, 0.2) is 30.3 Å². The van der Waals surface area contributed by atoms with Gasteiger partial charge in [0.1, 0.15) is 5.38 Å². The summed E-state index contributed by atoms with van der Waals surface area (Å²) in [5, 5.41) is 2.28. The van der Waals surface area contributed by atoms with Crippen LogP contribution in [0.1, 0.15) is 13.3 Å². The number of anilines is 1. The number of nitrogens with one attached hydrogen (secondary N) is 1. The molecule has 1 N–H and O–H groups in total. The number of halogens is 1. The van der Waals surface area contributed by atoms with Crippen molar-refractivity contribution < 1.29 is 4.79 Å². The molecule has 0 aliphatic rings. The van der Waals surface area contributed by atoms with E-state index in [4.69, 9.17) is 11.6 Å². The second-order valence-corrected chi connectivity index (χ2v) is 3.26. The van der Waals surface area contributed by atoms with Crippen molar-refractivity contribution in [2.24, 2.45) is 0 Å². The second kappa shape index (κ2) is 4.87. The van der Waals surface area contributed by atoms with Crippen LogP contribution in [0.25, 0.3) is 0 Å². The second-order valence-electron chi connectivity index (χ2n) is 2.73. The Hall–Kier alpha value is -1.02. The minimum Gasteiger partial charge on any atom is -0.325 e. The van der Waals surface area contributed by atoms with E-state index in [1.807, 2.05) is 37.3 Å². The summed E-state index contributed by atoms with van der Waals surface area (Å²) in [5.74, 6) is -0.143. The SMILES string of the molecule is CC[C@H](Cl)C(=O)Nc1ccccc1. The van der Waals surface area contributed by atoms with Crippen molar-refractivity contribution in [2.75, 3.05) is 5.32 Å². The zero-order valence-electron chi connectivity index (χ0n) is 7.46. The summed E-state index contributed by atoms with van der Waals surface area (Å²) in [5.41, 5.74) is 0.784. The standard InChI is InChI=1S/C10H12ClNO/c1-2-9(11)10(13)12-8-6-4-3-5-7-8/h3-7,9H,2H2,1H3,(H,12,13)/t9-/m0/s1. The van der Waals surface area contributed by atoms with Crippen molar-refractivity contribution in [3.8, 4) is 0 Å². The predicted octanol–water partition coefficient (Wildman–Crippen LogP) is 2.64. The molecule has 70 valence electrons. The van der Waals surface area contributed by atoms with Gasteiger partial charge >= 0.3 is 0 Å². The summed E-state index contributed by atoms with van der Waals surface area (Å²) in [4.78, 5) is 11.3. The normalized spacial score (nSPS) is 12.2. The molecule has 0 saturated carbocycles. The summed E-state index contributed by atoms with van der Waals surface area (Å²) in [6, 6.07) is 9.29. The van der Waals surface area contributed by atoms with Gasteiger partial charge in [0.05, 0.1) is 0 Å². The van der Waals surface area contributed by atoms with Crippen LogP contribution in [0.4, 0.5) is 5.69 Å². The van der Waals surface area contributed by atoms with Crippen molar-refractivity contribution in [1.29, 1.82) is 0 Å². The van der Waals surface area contributed by atoms with Crippen LogP contribution in [-0.2, 0) is 4.79 Å².